The van der Waals surface area contributed by atoms with Crippen LogP contribution in [0.5, 0.6) is 0 Å². The normalized spacial score (nSPS) is 11.3. The predicted molar refractivity (Wildman–Crippen MR) is 92.2 cm³/mol. The number of sulfone groups is 1. The third kappa shape index (κ3) is 3.52. The van der Waals surface area contributed by atoms with Crippen molar-refractivity contribution in [2.45, 2.75) is 15.6 Å². The monoisotopic (exact) mass is 345 g/mol. The number of aromatic nitrogens is 1. The molecule has 0 aliphatic heterocycles. The number of benzene rings is 2. The van der Waals surface area contributed by atoms with Gasteiger partial charge in [0.15, 0.2) is 5.13 Å². The molecule has 0 saturated carbocycles. The quantitative estimate of drug-likeness (QED) is 0.742. The van der Waals surface area contributed by atoms with E-state index in [9.17, 15) is 8.42 Å². The lowest BCUT2D eigenvalue weighted by Crippen LogP contribution is -2.02. The standard InChI is InChI=1S/C16H15N3O2S2/c17-16-19-11-15(22-16)23(20,21)14-8-6-13(7-9-14)18-10-12-4-2-1-3-5-12/h1-9,11,18H,10H2,(H2,17,19). The fourth-order valence-electron chi connectivity index (χ4n) is 2.06. The van der Waals surface area contributed by atoms with Crippen LogP contribution in [0.25, 0.3) is 0 Å². The van der Waals surface area contributed by atoms with Gasteiger partial charge in [-0.05, 0) is 29.8 Å². The van der Waals surface area contributed by atoms with Crippen molar-refractivity contribution in [3.63, 3.8) is 0 Å². The van der Waals surface area contributed by atoms with E-state index in [4.69, 9.17) is 5.73 Å². The molecule has 0 spiro atoms. The first-order valence-electron chi connectivity index (χ1n) is 6.90. The van der Waals surface area contributed by atoms with E-state index < -0.39 is 9.84 Å². The van der Waals surface area contributed by atoms with Gasteiger partial charge in [0.05, 0.1) is 11.1 Å². The highest BCUT2D eigenvalue weighted by Gasteiger charge is 2.20. The summed E-state index contributed by atoms with van der Waals surface area (Å²) < 4.78 is 25.0. The molecule has 118 valence electrons. The summed E-state index contributed by atoms with van der Waals surface area (Å²) >= 11 is 0.964. The zero-order chi connectivity index (χ0) is 16.3. The molecule has 1 aromatic heterocycles. The van der Waals surface area contributed by atoms with Crippen molar-refractivity contribution < 1.29 is 8.42 Å². The van der Waals surface area contributed by atoms with Gasteiger partial charge in [-0.3, -0.25) is 0 Å². The molecule has 0 aliphatic carbocycles. The Labute approximate surface area is 138 Å². The van der Waals surface area contributed by atoms with E-state index in [0.717, 1.165) is 22.6 Å². The highest BCUT2D eigenvalue weighted by molar-refractivity contribution is 7.93. The molecule has 0 unspecified atom stereocenters. The van der Waals surface area contributed by atoms with Crippen LogP contribution < -0.4 is 11.1 Å². The molecule has 0 aliphatic rings. The Bertz CT molecular complexity index is 889. The first-order chi connectivity index (χ1) is 11.1. The highest BCUT2D eigenvalue weighted by atomic mass is 32.2. The lowest BCUT2D eigenvalue weighted by molar-refractivity contribution is 0.598. The van der Waals surface area contributed by atoms with Gasteiger partial charge in [-0.25, -0.2) is 13.4 Å². The average molecular weight is 345 g/mol. The zero-order valence-electron chi connectivity index (χ0n) is 12.1. The molecule has 1 heterocycles. The van der Waals surface area contributed by atoms with Crippen molar-refractivity contribution in [2.75, 3.05) is 11.1 Å². The van der Waals surface area contributed by atoms with Gasteiger partial charge in [0, 0.05) is 12.2 Å². The molecule has 0 fully saturated rings. The summed E-state index contributed by atoms with van der Waals surface area (Å²) in [7, 11) is -3.55. The van der Waals surface area contributed by atoms with Crippen LogP contribution in [0.3, 0.4) is 0 Å². The second-order valence-corrected chi connectivity index (χ2v) is 8.12. The van der Waals surface area contributed by atoms with Gasteiger partial charge in [0.25, 0.3) is 0 Å². The highest BCUT2D eigenvalue weighted by Crippen LogP contribution is 2.27. The molecule has 0 atom stereocenters. The van der Waals surface area contributed by atoms with E-state index in [1.165, 1.54) is 6.20 Å². The summed E-state index contributed by atoms with van der Waals surface area (Å²) in [6.07, 6.45) is 1.29. The molecular weight excluding hydrogens is 330 g/mol. The molecule has 0 bridgehead atoms. The second-order valence-electron chi connectivity index (χ2n) is 4.88. The van der Waals surface area contributed by atoms with E-state index in [1.54, 1.807) is 24.3 Å². The smallest absolute Gasteiger partial charge is 0.217 e. The zero-order valence-corrected chi connectivity index (χ0v) is 13.8. The van der Waals surface area contributed by atoms with Crippen LogP contribution in [0.4, 0.5) is 10.8 Å². The van der Waals surface area contributed by atoms with Gasteiger partial charge in [-0.15, -0.1) is 0 Å². The van der Waals surface area contributed by atoms with Gasteiger partial charge in [0.1, 0.15) is 4.21 Å². The maximum atomic E-state index is 12.4. The van der Waals surface area contributed by atoms with Crippen LogP contribution >= 0.6 is 11.3 Å². The summed E-state index contributed by atoms with van der Waals surface area (Å²) in [6, 6.07) is 16.6. The average Bonchev–Trinajstić information content (AvgIpc) is 3.02. The maximum Gasteiger partial charge on any atom is 0.217 e. The number of hydrogen-bond donors (Lipinski definition) is 2. The minimum atomic E-state index is -3.55. The molecule has 3 aromatic rings. The Balaban J connectivity index is 1.74. The van der Waals surface area contributed by atoms with Crippen molar-refractivity contribution in [1.82, 2.24) is 4.98 Å². The van der Waals surface area contributed by atoms with Crippen molar-refractivity contribution in [3.05, 3.63) is 66.4 Å². The number of hydrogen-bond acceptors (Lipinski definition) is 6. The molecule has 23 heavy (non-hydrogen) atoms. The molecule has 3 N–H and O–H groups in total. The fourth-order valence-corrected chi connectivity index (χ4v) is 4.38. The predicted octanol–water partition coefficient (Wildman–Crippen LogP) is 3.17. The summed E-state index contributed by atoms with van der Waals surface area (Å²) in [5.41, 5.74) is 7.52. The second kappa shape index (κ2) is 6.39. The molecule has 0 saturated heterocycles. The number of nitrogens with two attached hydrogens (primary N) is 1. The fraction of sp³-hybridized carbons (Fsp3) is 0.0625. The van der Waals surface area contributed by atoms with Gasteiger partial charge >= 0.3 is 0 Å². The number of nitrogens with zero attached hydrogens (tertiary/aromatic N) is 1. The molecular formula is C16H15N3O2S2. The van der Waals surface area contributed by atoms with Gasteiger partial charge < -0.3 is 11.1 Å². The number of rotatable bonds is 5. The summed E-state index contributed by atoms with van der Waals surface area (Å²) in [5.74, 6) is 0. The largest absolute Gasteiger partial charge is 0.381 e. The SMILES string of the molecule is Nc1ncc(S(=O)(=O)c2ccc(NCc3ccccc3)cc2)s1. The molecule has 0 radical (unpaired) electrons. The summed E-state index contributed by atoms with van der Waals surface area (Å²) in [5, 5.41) is 3.50. The van der Waals surface area contributed by atoms with E-state index in [0.29, 0.717) is 6.54 Å². The van der Waals surface area contributed by atoms with Crippen LogP contribution in [0, 0.1) is 0 Å². The topological polar surface area (TPSA) is 85.1 Å². The first-order valence-corrected chi connectivity index (χ1v) is 9.20. The van der Waals surface area contributed by atoms with E-state index in [2.05, 4.69) is 10.3 Å². The molecule has 7 heteroatoms. The number of nitrogens with one attached hydrogen (secondary N) is 1. The Kier molecular flexibility index (Phi) is 4.31. The van der Waals surface area contributed by atoms with Crippen molar-refractivity contribution >= 4 is 32.0 Å². The lowest BCUT2D eigenvalue weighted by atomic mass is 10.2. The van der Waals surface area contributed by atoms with Crippen molar-refractivity contribution in [3.8, 4) is 0 Å². The number of anilines is 2. The van der Waals surface area contributed by atoms with Crippen LogP contribution in [-0.2, 0) is 16.4 Å². The number of thiazole rings is 1. The molecule has 3 rings (SSSR count). The van der Waals surface area contributed by atoms with E-state index >= 15 is 0 Å². The third-order valence-electron chi connectivity index (χ3n) is 3.27. The minimum Gasteiger partial charge on any atom is -0.381 e. The van der Waals surface area contributed by atoms with Crippen LogP contribution in [0.15, 0.2) is 69.9 Å². The Morgan fingerprint density at radius 1 is 1.04 bits per heavy atom. The number of nitrogen functional groups attached to an aromatic ring is 1. The first kappa shape index (κ1) is 15.5. The van der Waals surface area contributed by atoms with Crippen LogP contribution in [-0.4, -0.2) is 13.4 Å². The minimum absolute atomic E-state index is 0.153. The van der Waals surface area contributed by atoms with E-state index in [1.807, 2.05) is 30.3 Å². The molecule has 2 aromatic carbocycles. The Morgan fingerprint density at radius 2 is 1.74 bits per heavy atom. The van der Waals surface area contributed by atoms with Crippen molar-refractivity contribution in [2.24, 2.45) is 0 Å². The maximum absolute atomic E-state index is 12.4. The van der Waals surface area contributed by atoms with E-state index in [-0.39, 0.29) is 14.2 Å². The van der Waals surface area contributed by atoms with Crippen molar-refractivity contribution in [1.29, 1.82) is 0 Å². The Hall–Kier alpha value is -2.38. The van der Waals surface area contributed by atoms with Crippen LogP contribution in [0.2, 0.25) is 0 Å². The summed E-state index contributed by atoms with van der Waals surface area (Å²) in [6.45, 7) is 0.679. The Morgan fingerprint density at radius 3 is 2.35 bits per heavy atom. The van der Waals surface area contributed by atoms with Gasteiger partial charge in [-0.1, -0.05) is 41.7 Å². The molecule has 0 amide bonds. The lowest BCUT2D eigenvalue weighted by Gasteiger charge is -2.07. The third-order valence-corrected chi connectivity index (χ3v) is 6.33. The van der Waals surface area contributed by atoms with Gasteiger partial charge in [0.2, 0.25) is 9.84 Å². The van der Waals surface area contributed by atoms with Crippen LogP contribution in [0.1, 0.15) is 5.56 Å². The summed E-state index contributed by atoms with van der Waals surface area (Å²) in [4.78, 5) is 4.02. The van der Waals surface area contributed by atoms with Gasteiger partial charge in [-0.2, -0.15) is 0 Å². The molecule has 5 nitrogen and oxygen atoms in total.